The molecule has 2 aliphatic heterocycles. The summed E-state index contributed by atoms with van der Waals surface area (Å²) in [6.45, 7) is 2.99. The molecule has 2 aliphatic rings. The second-order valence-corrected chi connectivity index (χ2v) is 7.09. The highest BCUT2D eigenvalue weighted by atomic mass is 16.5. The van der Waals surface area contributed by atoms with Crippen molar-refractivity contribution in [1.29, 1.82) is 0 Å². The van der Waals surface area contributed by atoms with Gasteiger partial charge in [0.15, 0.2) is 6.61 Å². The van der Waals surface area contributed by atoms with Crippen molar-refractivity contribution in [3.05, 3.63) is 42.2 Å². The van der Waals surface area contributed by atoms with E-state index in [1.54, 1.807) is 11.0 Å². The van der Waals surface area contributed by atoms with Crippen LogP contribution in [0.4, 0.5) is 5.69 Å². The summed E-state index contributed by atoms with van der Waals surface area (Å²) in [6, 6.07) is 9.56. The summed E-state index contributed by atoms with van der Waals surface area (Å²) in [4.78, 5) is 26.2. The molecule has 3 heterocycles. The molecule has 2 amide bonds. The minimum atomic E-state index is -0.184. The molecular weight excluding hydrogens is 358 g/mol. The summed E-state index contributed by atoms with van der Waals surface area (Å²) in [5.74, 6) is 0.468. The van der Waals surface area contributed by atoms with Crippen LogP contribution >= 0.6 is 0 Å². The molecule has 2 aromatic rings. The third-order valence-corrected chi connectivity index (χ3v) is 5.14. The van der Waals surface area contributed by atoms with Crippen LogP contribution in [0.1, 0.15) is 35.8 Å². The summed E-state index contributed by atoms with van der Waals surface area (Å²) in [5, 5.41) is 10.7. The van der Waals surface area contributed by atoms with E-state index < -0.39 is 0 Å². The van der Waals surface area contributed by atoms with Crippen LogP contribution in [0, 0.1) is 0 Å². The first-order chi connectivity index (χ1) is 13.7. The number of amides is 2. The van der Waals surface area contributed by atoms with Crippen LogP contribution in [-0.2, 0) is 4.79 Å². The fraction of sp³-hybridized carbons (Fsp3) is 0.450. The molecule has 0 radical (unpaired) electrons. The third-order valence-electron chi connectivity index (χ3n) is 5.14. The van der Waals surface area contributed by atoms with Crippen LogP contribution in [0.25, 0.3) is 0 Å². The quantitative estimate of drug-likeness (QED) is 0.736. The number of fused-ring (bicyclic) bond motifs is 1. The van der Waals surface area contributed by atoms with E-state index in [0.717, 1.165) is 31.6 Å². The number of nitrogens with one attached hydrogen (secondary N) is 2. The lowest BCUT2D eigenvalue weighted by Gasteiger charge is -2.29. The zero-order chi connectivity index (χ0) is 19.3. The van der Waals surface area contributed by atoms with Gasteiger partial charge in [-0.1, -0.05) is 12.1 Å². The van der Waals surface area contributed by atoms with Crippen molar-refractivity contribution in [1.82, 2.24) is 20.4 Å². The van der Waals surface area contributed by atoms with E-state index in [-0.39, 0.29) is 18.4 Å². The van der Waals surface area contributed by atoms with E-state index in [9.17, 15) is 9.59 Å². The van der Waals surface area contributed by atoms with E-state index >= 15 is 0 Å². The molecule has 0 bridgehead atoms. The van der Waals surface area contributed by atoms with Crippen molar-refractivity contribution in [3.8, 4) is 5.75 Å². The Kier molecular flexibility index (Phi) is 5.57. The van der Waals surface area contributed by atoms with E-state index in [1.165, 1.54) is 0 Å². The molecule has 2 N–H and O–H groups in total. The second-order valence-electron chi connectivity index (χ2n) is 7.09. The van der Waals surface area contributed by atoms with Crippen molar-refractivity contribution in [2.24, 2.45) is 0 Å². The lowest BCUT2D eigenvalue weighted by atomic mass is 10.1. The molecule has 0 saturated carbocycles. The number of carbonyl (C=O) groups excluding carboxylic acids is 2. The molecule has 1 aromatic carbocycles. The Bertz CT molecular complexity index is 844. The standard InChI is InChI=1S/C20H25N5O3/c26-19-14-28-18-7-2-1-6-17(18)24(19)11-4-10-22-20(27)16-8-12-25(23-16)15-5-3-9-21-13-15/h1-2,6-8,12,15,21H,3-5,9-11,13-14H2,(H,22,27). The Morgan fingerprint density at radius 2 is 2.21 bits per heavy atom. The third kappa shape index (κ3) is 4.01. The molecule has 1 fully saturated rings. The largest absolute Gasteiger partial charge is 0.482 e. The molecule has 28 heavy (non-hydrogen) atoms. The number of rotatable bonds is 6. The molecule has 1 aromatic heterocycles. The highest BCUT2D eigenvalue weighted by Gasteiger charge is 2.24. The number of para-hydroxylation sites is 2. The first-order valence-corrected chi connectivity index (χ1v) is 9.78. The number of anilines is 1. The predicted octanol–water partition coefficient (Wildman–Crippen LogP) is 1.35. The van der Waals surface area contributed by atoms with E-state index in [2.05, 4.69) is 15.7 Å². The maximum Gasteiger partial charge on any atom is 0.271 e. The topological polar surface area (TPSA) is 88.5 Å². The van der Waals surface area contributed by atoms with Gasteiger partial charge in [-0.2, -0.15) is 5.10 Å². The van der Waals surface area contributed by atoms with E-state index in [4.69, 9.17) is 4.74 Å². The molecule has 1 atom stereocenters. The first kappa shape index (κ1) is 18.5. The number of aromatic nitrogens is 2. The lowest BCUT2D eigenvalue weighted by Crippen LogP contribution is -2.40. The summed E-state index contributed by atoms with van der Waals surface area (Å²) in [7, 11) is 0. The van der Waals surface area contributed by atoms with Gasteiger partial charge in [0, 0.05) is 25.8 Å². The van der Waals surface area contributed by atoms with Gasteiger partial charge >= 0.3 is 0 Å². The smallest absolute Gasteiger partial charge is 0.271 e. The van der Waals surface area contributed by atoms with Crippen LogP contribution < -0.4 is 20.3 Å². The average Bonchev–Trinajstić information content (AvgIpc) is 3.23. The summed E-state index contributed by atoms with van der Waals surface area (Å²) < 4.78 is 7.32. The van der Waals surface area contributed by atoms with Gasteiger partial charge in [0.2, 0.25) is 0 Å². The SMILES string of the molecule is O=C(NCCCN1C(=O)COc2ccccc21)c1ccn(C2CCCNC2)n1. The van der Waals surface area contributed by atoms with Crippen LogP contribution in [0.5, 0.6) is 5.75 Å². The van der Waals surface area contributed by atoms with Gasteiger partial charge in [0.1, 0.15) is 11.4 Å². The predicted molar refractivity (Wildman–Crippen MR) is 105 cm³/mol. The molecular formula is C20H25N5O3. The molecule has 4 rings (SSSR count). The van der Waals surface area contributed by atoms with Crippen LogP contribution in [-0.4, -0.2) is 54.4 Å². The fourth-order valence-electron chi connectivity index (χ4n) is 3.65. The Morgan fingerprint density at radius 3 is 3.07 bits per heavy atom. The Balaban J connectivity index is 1.27. The average molecular weight is 383 g/mol. The van der Waals surface area contributed by atoms with Crippen molar-refractivity contribution >= 4 is 17.5 Å². The summed E-state index contributed by atoms with van der Waals surface area (Å²) >= 11 is 0. The van der Waals surface area contributed by atoms with Gasteiger partial charge in [0.05, 0.1) is 11.7 Å². The van der Waals surface area contributed by atoms with Gasteiger partial charge in [-0.05, 0) is 44.0 Å². The van der Waals surface area contributed by atoms with Crippen molar-refractivity contribution in [2.45, 2.75) is 25.3 Å². The first-order valence-electron chi connectivity index (χ1n) is 9.78. The van der Waals surface area contributed by atoms with Crippen LogP contribution in [0.15, 0.2) is 36.5 Å². The molecule has 0 aliphatic carbocycles. The molecule has 8 nitrogen and oxygen atoms in total. The van der Waals surface area contributed by atoms with E-state index in [0.29, 0.717) is 37.0 Å². The second kappa shape index (κ2) is 8.43. The Morgan fingerprint density at radius 1 is 1.32 bits per heavy atom. The summed E-state index contributed by atoms with van der Waals surface area (Å²) in [5.41, 5.74) is 1.21. The Labute approximate surface area is 163 Å². The van der Waals surface area contributed by atoms with Gasteiger partial charge < -0.3 is 20.3 Å². The monoisotopic (exact) mass is 383 g/mol. The van der Waals surface area contributed by atoms with Crippen molar-refractivity contribution in [3.63, 3.8) is 0 Å². The minimum Gasteiger partial charge on any atom is -0.482 e. The zero-order valence-corrected chi connectivity index (χ0v) is 15.8. The summed E-state index contributed by atoms with van der Waals surface area (Å²) in [6.07, 6.45) is 4.72. The number of ether oxygens (including phenoxy) is 1. The number of nitrogens with zero attached hydrogens (tertiary/aromatic N) is 3. The van der Waals surface area contributed by atoms with Crippen LogP contribution in [0.2, 0.25) is 0 Å². The fourth-order valence-corrected chi connectivity index (χ4v) is 3.65. The number of benzene rings is 1. The van der Waals surface area contributed by atoms with Gasteiger partial charge in [-0.15, -0.1) is 0 Å². The molecule has 8 heteroatoms. The Hall–Kier alpha value is -2.87. The highest BCUT2D eigenvalue weighted by molar-refractivity contribution is 5.97. The maximum atomic E-state index is 12.4. The number of hydrogen-bond donors (Lipinski definition) is 2. The molecule has 148 valence electrons. The molecule has 1 saturated heterocycles. The minimum absolute atomic E-state index is 0.0524. The zero-order valence-electron chi connectivity index (χ0n) is 15.8. The van der Waals surface area contributed by atoms with Crippen molar-refractivity contribution < 1.29 is 14.3 Å². The molecule has 0 spiro atoms. The van der Waals surface area contributed by atoms with Gasteiger partial charge in [0.25, 0.3) is 11.8 Å². The van der Waals surface area contributed by atoms with E-state index in [1.807, 2.05) is 35.1 Å². The van der Waals surface area contributed by atoms with Crippen LogP contribution in [0.3, 0.4) is 0 Å². The highest BCUT2D eigenvalue weighted by Crippen LogP contribution is 2.31. The normalized spacial score (nSPS) is 19.1. The number of hydrogen-bond acceptors (Lipinski definition) is 5. The maximum absolute atomic E-state index is 12.4. The lowest BCUT2D eigenvalue weighted by molar-refractivity contribution is -0.121. The van der Waals surface area contributed by atoms with Crippen molar-refractivity contribution in [2.75, 3.05) is 37.7 Å². The van der Waals surface area contributed by atoms with Gasteiger partial charge in [-0.3, -0.25) is 14.3 Å². The molecule has 1 unspecified atom stereocenters. The van der Waals surface area contributed by atoms with Gasteiger partial charge in [-0.25, -0.2) is 0 Å². The number of carbonyl (C=O) groups is 2. The number of piperidine rings is 1.